The van der Waals surface area contributed by atoms with Crippen LogP contribution in [0.2, 0.25) is 0 Å². The molecule has 0 aliphatic rings. The fourth-order valence-electron chi connectivity index (χ4n) is 1.66. The summed E-state index contributed by atoms with van der Waals surface area (Å²) in [4.78, 5) is 3.82. The van der Waals surface area contributed by atoms with Crippen LogP contribution < -0.4 is 10.1 Å². The van der Waals surface area contributed by atoms with Crippen molar-refractivity contribution in [1.82, 2.24) is 10.3 Å². The number of ether oxygens (including phenoxy) is 1. The summed E-state index contributed by atoms with van der Waals surface area (Å²) in [5, 5.41) is 3.10. The van der Waals surface area contributed by atoms with E-state index in [0.29, 0.717) is 18.2 Å². The maximum absolute atomic E-state index is 13.6. The third kappa shape index (κ3) is 4.19. The molecule has 112 valence electrons. The molecule has 0 saturated heterocycles. The second kappa shape index (κ2) is 6.58. The van der Waals surface area contributed by atoms with Crippen LogP contribution in [0.15, 0.2) is 30.5 Å². The van der Waals surface area contributed by atoms with Gasteiger partial charge in [0.05, 0.1) is 6.20 Å². The maximum atomic E-state index is 13.6. The summed E-state index contributed by atoms with van der Waals surface area (Å²) in [6.07, 6.45) is 0.982. The molecule has 0 unspecified atom stereocenters. The van der Waals surface area contributed by atoms with Crippen molar-refractivity contribution in [2.24, 2.45) is 0 Å². The number of aromatic nitrogens is 1. The van der Waals surface area contributed by atoms with Gasteiger partial charge in [0.1, 0.15) is 11.6 Å². The first-order chi connectivity index (χ1) is 9.95. The van der Waals surface area contributed by atoms with Crippen LogP contribution >= 0.6 is 0 Å². The molecular weight excluding hydrogens is 281 g/mol. The number of nitrogens with one attached hydrogen (secondary N) is 1. The molecule has 0 bridgehead atoms. The number of pyridine rings is 1. The monoisotopic (exact) mass is 296 g/mol. The van der Waals surface area contributed by atoms with Crippen LogP contribution in [-0.2, 0) is 6.54 Å². The average molecular weight is 296 g/mol. The molecule has 2 aromatic rings. The Bertz CT molecular complexity index is 632. The van der Waals surface area contributed by atoms with Gasteiger partial charge < -0.3 is 10.1 Å². The molecule has 1 aromatic carbocycles. The molecule has 0 aliphatic heterocycles. The van der Waals surface area contributed by atoms with Gasteiger partial charge in [-0.05, 0) is 18.2 Å². The predicted molar refractivity (Wildman–Crippen MR) is 72.6 cm³/mol. The van der Waals surface area contributed by atoms with Gasteiger partial charge >= 0.3 is 0 Å². The average Bonchev–Trinajstić information content (AvgIpc) is 2.41. The van der Waals surface area contributed by atoms with Gasteiger partial charge in [0.2, 0.25) is 5.88 Å². The van der Waals surface area contributed by atoms with Gasteiger partial charge in [0.15, 0.2) is 11.6 Å². The van der Waals surface area contributed by atoms with Gasteiger partial charge in [-0.1, -0.05) is 13.8 Å². The van der Waals surface area contributed by atoms with E-state index in [4.69, 9.17) is 4.74 Å². The first kappa shape index (κ1) is 15.3. The number of hydrogen-bond acceptors (Lipinski definition) is 3. The molecule has 21 heavy (non-hydrogen) atoms. The van der Waals surface area contributed by atoms with Crippen molar-refractivity contribution in [1.29, 1.82) is 0 Å². The lowest BCUT2D eigenvalue weighted by atomic mass is 10.2. The number of rotatable bonds is 5. The summed E-state index contributed by atoms with van der Waals surface area (Å²) in [6, 6.07) is 4.40. The van der Waals surface area contributed by atoms with Gasteiger partial charge in [0, 0.05) is 24.2 Å². The molecule has 2 rings (SSSR count). The predicted octanol–water partition coefficient (Wildman–Crippen LogP) is 3.79. The first-order valence-electron chi connectivity index (χ1n) is 6.46. The molecule has 6 heteroatoms. The zero-order valence-electron chi connectivity index (χ0n) is 11.7. The van der Waals surface area contributed by atoms with E-state index in [0.717, 1.165) is 18.3 Å². The highest BCUT2D eigenvalue weighted by atomic mass is 19.1. The van der Waals surface area contributed by atoms with E-state index in [1.165, 1.54) is 6.07 Å². The SMILES string of the molecule is CC(C)NCc1cc(F)cnc1Oc1ccc(F)cc1F. The van der Waals surface area contributed by atoms with Crippen molar-refractivity contribution in [3.05, 3.63) is 53.5 Å². The zero-order chi connectivity index (χ0) is 15.4. The van der Waals surface area contributed by atoms with Crippen molar-refractivity contribution in [3.8, 4) is 11.6 Å². The summed E-state index contributed by atoms with van der Waals surface area (Å²) in [5.74, 6) is -2.14. The lowest BCUT2D eigenvalue weighted by Gasteiger charge is -2.13. The van der Waals surface area contributed by atoms with Crippen LogP contribution in [0.5, 0.6) is 11.6 Å². The van der Waals surface area contributed by atoms with Crippen LogP contribution in [-0.4, -0.2) is 11.0 Å². The summed E-state index contributed by atoms with van der Waals surface area (Å²) >= 11 is 0. The van der Waals surface area contributed by atoms with Gasteiger partial charge in [-0.2, -0.15) is 0 Å². The molecule has 1 aromatic heterocycles. The van der Waals surface area contributed by atoms with E-state index in [-0.39, 0.29) is 17.7 Å². The molecule has 1 N–H and O–H groups in total. The van der Waals surface area contributed by atoms with Crippen molar-refractivity contribution in [2.45, 2.75) is 26.4 Å². The van der Waals surface area contributed by atoms with E-state index in [2.05, 4.69) is 10.3 Å². The summed E-state index contributed by atoms with van der Waals surface area (Å²) < 4.78 is 45.0. The zero-order valence-corrected chi connectivity index (χ0v) is 11.7. The van der Waals surface area contributed by atoms with E-state index < -0.39 is 17.5 Å². The van der Waals surface area contributed by atoms with Crippen LogP contribution in [0.3, 0.4) is 0 Å². The Morgan fingerprint density at radius 3 is 2.57 bits per heavy atom. The van der Waals surface area contributed by atoms with E-state index >= 15 is 0 Å². The van der Waals surface area contributed by atoms with E-state index in [1.54, 1.807) is 0 Å². The number of halogens is 3. The summed E-state index contributed by atoms with van der Waals surface area (Å²) in [5.41, 5.74) is 0.451. The van der Waals surface area contributed by atoms with Crippen LogP contribution in [0.4, 0.5) is 13.2 Å². The first-order valence-corrected chi connectivity index (χ1v) is 6.46. The minimum atomic E-state index is -0.844. The minimum Gasteiger partial charge on any atom is -0.436 e. The fraction of sp³-hybridized carbons (Fsp3) is 0.267. The van der Waals surface area contributed by atoms with Crippen LogP contribution in [0.25, 0.3) is 0 Å². The van der Waals surface area contributed by atoms with Gasteiger partial charge in [-0.15, -0.1) is 0 Å². The third-order valence-electron chi connectivity index (χ3n) is 2.69. The van der Waals surface area contributed by atoms with Crippen molar-refractivity contribution in [3.63, 3.8) is 0 Å². The highest BCUT2D eigenvalue weighted by Gasteiger charge is 2.12. The Labute approximate surface area is 120 Å². The molecule has 0 amide bonds. The molecule has 0 atom stereocenters. The highest BCUT2D eigenvalue weighted by Crippen LogP contribution is 2.26. The largest absolute Gasteiger partial charge is 0.436 e. The van der Waals surface area contributed by atoms with Gasteiger partial charge in [0.25, 0.3) is 0 Å². The summed E-state index contributed by atoms with van der Waals surface area (Å²) in [6.45, 7) is 4.19. The molecular formula is C15H15F3N2O. The topological polar surface area (TPSA) is 34.2 Å². The lowest BCUT2D eigenvalue weighted by molar-refractivity contribution is 0.413. The fourth-order valence-corrected chi connectivity index (χ4v) is 1.66. The number of nitrogens with zero attached hydrogens (tertiary/aromatic N) is 1. The smallest absolute Gasteiger partial charge is 0.224 e. The Morgan fingerprint density at radius 2 is 1.90 bits per heavy atom. The van der Waals surface area contributed by atoms with Gasteiger partial charge in [-0.3, -0.25) is 0 Å². The Kier molecular flexibility index (Phi) is 4.80. The highest BCUT2D eigenvalue weighted by molar-refractivity contribution is 5.33. The Balaban J connectivity index is 2.26. The third-order valence-corrected chi connectivity index (χ3v) is 2.69. The molecule has 0 radical (unpaired) electrons. The second-order valence-electron chi connectivity index (χ2n) is 4.83. The Hall–Kier alpha value is -2.08. The van der Waals surface area contributed by atoms with Crippen molar-refractivity contribution >= 4 is 0 Å². The molecule has 0 spiro atoms. The van der Waals surface area contributed by atoms with Crippen molar-refractivity contribution < 1.29 is 17.9 Å². The van der Waals surface area contributed by atoms with Crippen LogP contribution in [0, 0.1) is 17.5 Å². The van der Waals surface area contributed by atoms with Crippen LogP contribution in [0.1, 0.15) is 19.4 Å². The standard InChI is InChI=1S/C15H15F3N2O/c1-9(2)19-7-10-5-12(17)8-20-15(10)21-14-4-3-11(16)6-13(14)18/h3-6,8-9,19H,7H2,1-2H3. The Morgan fingerprint density at radius 1 is 1.14 bits per heavy atom. The lowest BCUT2D eigenvalue weighted by Crippen LogP contribution is -2.22. The number of hydrogen-bond donors (Lipinski definition) is 1. The number of benzene rings is 1. The quantitative estimate of drug-likeness (QED) is 0.911. The van der Waals surface area contributed by atoms with Gasteiger partial charge in [-0.25, -0.2) is 18.2 Å². The van der Waals surface area contributed by atoms with E-state index in [9.17, 15) is 13.2 Å². The maximum Gasteiger partial charge on any atom is 0.224 e. The molecule has 0 saturated carbocycles. The molecule has 0 fully saturated rings. The molecule has 1 heterocycles. The molecule has 0 aliphatic carbocycles. The van der Waals surface area contributed by atoms with E-state index in [1.807, 2.05) is 13.8 Å². The second-order valence-corrected chi connectivity index (χ2v) is 4.83. The summed E-state index contributed by atoms with van der Waals surface area (Å²) in [7, 11) is 0. The minimum absolute atomic E-state index is 0.0788. The normalized spacial score (nSPS) is 11.0. The van der Waals surface area contributed by atoms with Crippen molar-refractivity contribution in [2.75, 3.05) is 0 Å². The molecule has 3 nitrogen and oxygen atoms in total.